The van der Waals surface area contributed by atoms with Crippen molar-refractivity contribution in [2.45, 2.75) is 32.7 Å². The lowest BCUT2D eigenvalue weighted by molar-refractivity contribution is 0.329. The van der Waals surface area contributed by atoms with E-state index in [1.807, 2.05) is 55.9 Å². The van der Waals surface area contributed by atoms with Crippen molar-refractivity contribution in [2.24, 2.45) is 5.73 Å². The standard InChI is InChI=1S/C10H10BrN3.C7H11BrN2O/c11-9-3-2-8(7-12)10(6-9)14-5-1-4-13-14;1-7(2,3)5-4(8)6(9)10-11-5/h1-6H,7,12H2;1-3H3,(H2,9,10). The third-order valence-corrected chi connectivity index (χ3v) is 4.62. The fraction of sp³-hybridized carbons (Fsp3) is 0.294. The number of benzene rings is 1. The SMILES string of the molecule is CC(C)(C)c1onc(N)c1Br.NCc1ccc(Br)cc1-n1cccn1. The molecule has 0 radical (unpaired) electrons. The molecule has 0 fully saturated rings. The monoisotopic (exact) mass is 469 g/mol. The molecule has 0 unspecified atom stereocenters. The molecule has 3 rings (SSSR count). The Morgan fingerprint density at radius 2 is 1.96 bits per heavy atom. The van der Waals surface area contributed by atoms with Crippen molar-refractivity contribution >= 4 is 37.7 Å². The van der Waals surface area contributed by atoms with Gasteiger partial charge in [0.2, 0.25) is 0 Å². The van der Waals surface area contributed by atoms with Crippen molar-refractivity contribution in [2.75, 3.05) is 5.73 Å². The minimum Gasteiger partial charge on any atom is -0.380 e. The highest BCUT2D eigenvalue weighted by Crippen LogP contribution is 2.32. The van der Waals surface area contributed by atoms with Gasteiger partial charge in [0.25, 0.3) is 0 Å². The van der Waals surface area contributed by atoms with Crippen LogP contribution in [0.3, 0.4) is 0 Å². The van der Waals surface area contributed by atoms with Crippen molar-refractivity contribution in [3.05, 3.63) is 56.9 Å². The lowest BCUT2D eigenvalue weighted by Crippen LogP contribution is -2.10. The van der Waals surface area contributed by atoms with Gasteiger partial charge in [0.05, 0.1) is 5.69 Å². The highest BCUT2D eigenvalue weighted by molar-refractivity contribution is 9.11. The smallest absolute Gasteiger partial charge is 0.181 e. The Kier molecular flexibility index (Phi) is 6.42. The Morgan fingerprint density at radius 3 is 2.40 bits per heavy atom. The number of hydrogen-bond donors (Lipinski definition) is 2. The van der Waals surface area contributed by atoms with Gasteiger partial charge >= 0.3 is 0 Å². The minimum absolute atomic E-state index is 0.0521. The number of halogens is 2. The van der Waals surface area contributed by atoms with E-state index in [1.54, 1.807) is 6.20 Å². The van der Waals surface area contributed by atoms with Gasteiger partial charge in [0, 0.05) is 28.8 Å². The number of nitrogen functional groups attached to an aromatic ring is 1. The van der Waals surface area contributed by atoms with Crippen LogP contribution in [-0.2, 0) is 12.0 Å². The number of aromatic nitrogens is 3. The molecule has 0 saturated carbocycles. The maximum Gasteiger partial charge on any atom is 0.181 e. The number of hydrogen-bond acceptors (Lipinski definition) is 5. The van der Waals surface area contributed by atoms with E-state index >= 15 is 0 Å². The topological polar surface area (TPSA) is 95.9 Å². The van der Waals surface area contributed by atoms with Crippen molar-refractivity contribution in [3.63, 3.8) is 0 Å². The summed E-state index contributed by atoms with van der Waals surface area (Å²) in [5, 5.41) is 7.82. The van der Waals surface area contributed by atoms with Gasteiger partial charge in [-0.05, 0) is 39.7 Å². The second-order valence-corrected chi connectivity index (χ2v) is 8.10. The normalized spacial score (nSPS) is 11.1. The van der Waals surface area contributed by atoms with Crippen LogP contribution >= 0.6 is 31.9 Å². The first kappa shape index (κ1) is 19.7. The Bertz CT molecular complexity index is 822. The van der Waals surface area contributed by atoms with Crippen LogP contribution in [0.2, 0.25) is 0 Å². The summed E-state index contributed by atoms with van der Waals surface area (Å²) in [6, 6.07) is 7.88. The molecule has 2 heterocycles. The molecule has 0 aliphatic heterocycles. The summed E-state index contributed by atoms with van der Waals surface area (Å²) in [5.41, 5.74) is 13.2. The Hall–Kier alpha value is -1.64. The van der Waals surface area contributed by atoms with Crippen LogP contribution in [-0.4, -0.2) is 14.9 Å². The molecule has 0 saturated heterocycles. The van der Waals surface area contributed by atoms with Crippen LogP contribution in [0.4, 0.5) is 5.82 Å². The van der Waals surface area contributed by atoms with Gasteiger partial charge in [-0.1, -0.05) is 47.9 Å². The molecular weight excluding hydrogens is 450 g/mol. The van der Waals surface area contributed by atoms with E-state index in [0.29, 0.717) is 12.4 Å². The van der Waals surface area contributed by atoms with E-state index in [1.165, 1.54) is 0 Å². The van der Waals surface area contributed by atoms with Crippen molar-refractivity contribution in [1.82, 2.24) is 14.9 Å². The van der Waals surface area contributed by atoms with Gasteiger partial charge in [-0.3, -0.25) is 0 Å². The van der Waals surface area contributed by atoms with Crippen LogP contribution in [0.5, 0.6) is 0 Å². The lowest BCUT2D eigenvalue weighted by atomic mass is 9.93. The maximum atomic E-state index is 5.65. The summed E-state index contributed by atoms with van der Waals surface area (Å²) < 4.78 is 8.65. The average molecular weight is 471 g/mol. The van der Waals surface area contributed by atoms with E-state index in [9.17, 15) is 0 Å². The molecule has 2 aromatic heterocycles. The van der Waals surface area contributed by atoms with Gasteiger partial charge in [0.1, 0.15) is 4.47 Å². The highest BCUT2D eigenvalue weighted by atomic mass is 79.9. The molecule has 0 aliphatic rings. The second kappa shape index (κ2) is 8.16. The van der Waals surface area contributed by atoms with Crippen LogP contribution in [0.25, 0.3) is 5.69 Å². The van der Waals surface area contributed by atoms with Crippen LogP contribution in [0, 0.1) is 0 Å². The summed E-state index contributed by atoms with van der Waals surface area (Å²) in [6.45, 7) is 6.63. The summed E-state index contributed by atoms with van der Waals surface area (Å²) in [7, 11) is 0. The Morgan fingerprint density at radius 1 is 1.24 bits per heavy atom. The first-order valence-corrected chi connectivity index (χ1v) is 9.22. The van der Waals surface area contributed by atoms with E-state index in [2.05, 4.69) is 42.1 Å². The molecule has 3 aromatic rings. The van der Waals surface area contributed by atoms with E-state index in [4.69, 9.17) is 16.0 Å². The van der Waals surface area contributed by atoms with Gasteiger partial charge in [-0.15, -0.1) is 0 Å². The number of nitrogens with zero attached hydrogens (tertiary/aromatic N) is 3. The molecule has 0 atom stereocenters. The van der Waals surface area contributed by atoms with Gasteiger partial charge < -0.3 is 16.0 Å². The van der Waals surface area contributed by atoms with Crippen LogP contribution in [0.1, 0.15) is 32.1 Å². The Balaban J connectivity index is 0.000000186. The van der Waals surface area contributed by atoms with Crippen LogP contribution < -0.4 is 11.5 Å². The van der Waals surface area contributed by atoms with Crippen molar-refractivity contribution in [1.29, 1.82) is 0 Å². The fourth-order valence-corrected chi connectivity index (χ4v) is 3.18. The third-order valence-electron chi connectivity index (χ3n) is 3.36. The van der Waals surface area contributed by atoms with E-state index in [-0.39, 0.29) is 5.41 Å². The van der Waals surface area contributed by atoms with Crippen LogP contribution in [0.15, 0.2) is 50.1 Å². The van der Waals surface area contributed by atoms with Gasteiger partial charge in [-0.2, -0.15) is 5.10 Å². The highest BCUT2D eigenvalue weighted by Gasteiger charge is 2.24. The minimum atomic E-state index is -0.0521. The average Bonchev–Trinajstić information content (AvgIpc) is 3.18. The van der Waals surface area contributed by atoms with Crippen molar-refractivity contribution in [3.8, 4) is 5.69 Å². The molecule has 0 amide bonds. The summed E-state index contributed by atoms with van der Waals surface area (Å²) in [6.07, 6.45) is 3.65. The predicted octanol–water partition coefficient (Wildman–Crippen LogP) is 4.41. The third kappa shape index (κ3) is 4.93. The molecule has 134 valence electrons. The number of anilines is 1. The summed E-state index contributed by atoms with van der Waals surface area (Å²) in [4.78, 5) is 0. The molecule has 25 heavy (non-hydrogen) atoms. The molecule has 0 aliphatic carbocycles. The van der Waals surface area contributed by atoms with E-state index in [0.717, 1.165) is 26.0 Å². The van der Waals surface area contributed by atoms with Crippen molar-refractivity contribution < 1.29 is 4.52 Å². The zero-order valence-electron chi connectivity index (χ0n) is 14.3. The zero-order chi connectivity index (χ0) is 18.6. The molecule has 6 nitrogen and oxygen atoms in total. The largest absolute Gasteiger partial charge is 0.380 e. The summed E-state index contributed by atoms with van der Waals surface area (Å²) in [5.74, 6) is 1.20. The zero-order valence-corrected chi connectivity index (χ0v) is 17.5. The second-order valence-electron chi connectivity index (χ2n) is 6.39. The number of nitrogens with two attached hydrogens (primary N) is 2. The quantitative estimate of drug-likeness (QED) is 0.578. The van der Waals surface area contributed by atoms with Gasteiger partial charge in [-0.25, -0.2) is 4.68 Å². The molecule has 0 bridgehead atoms. The predicted molar refractivity (Wildman–Crippen MR) is 106 cm³/mol. The summed E-state index contributed by atoms with van der Waals surface area (Å²) >= 11 is 6.73. The van der Waals surface area contributed by atoms with E-state index < -0.39 is 0 Å². The Labute approximate surface area is 163 Å². The first-order valence-electron chi connectivity index (χ1n) is 7.63. The molecule has 8 heteroatoms. The molecule has 4 N–H and O–H groups in total. The molecular formula is C17H21Br2N5O. The van der Waals surface area contributed by atoms with Gasteiger partial charge in [0.15, 0.2) is 11.6 Å². The lowest BCUT2D eigenvalue weighted by Gasteiger charge is -2.13. The maximum absolute atomic E-state index is 5.65. The molecule has 1 aromatic carbocycles. The molecule has 0 spiro atoms. The first-order chi connectivity index (χ1) is 11.7. The number of rotatable bonds is 2. The fourth-order valence-electron chi connectivity index (χ4n) is 2.09.